The molecule has 79 valence electrons. The molecule has 0 heterocycles. The third kappa shape index (κ3) is 50.5. The minimum atomic E-state index is -2.24. The largest absolute Gasteiger partial charge is 0.358 e. The van der Waals surface area contributed by atoms with Gasteiger partial charge in [-0.05, 0) is 0 Å². The van der Waals surface area contributed by atoms with Gasteiger partial charge in [-0.15, -0.1) is 0 Å². The van der Waals surface area contributed by atoms with Crippen molar-refractivity contribution in [2.24, 2.45) is 0 Å². The molecule has 6 N–H and O–H groups in total. The summed E-state index contributed by atoms with van der Waals surface area (Å²) in [6.45, 7) is 2.13. The minimum absolute atomic E-state index is 1.06. The summed E-state index contributed by atoms with van der Waals surface area (Å²) in [6.07, 6.45) is 2.48. The summed E-state index contributed by atoms with van der Waals surface area (Å²) in [5.41, 5.74) is 7.39. The van der Waals surface area contributed by atoms with E-state index in [1.165, 1.54) is 12.8 Å². The fourth-order valence-electron chi connectivity index (χ4n) is 0.354. The summed E-state index contributed by atoms with van der Waals surface area (Å²) in [5.74, 6) is 0. The van der Waals surface area contributed by atoms with Crippen LogP contribution in [0.25, 0.3) is 0 Å². The van der Waals surface area contributed by atoms with Crippen molar-refractivity contribution in [2.75, 3.05) is 13.1 Å². The Labute approximate surface area is 86.6 Å². The molecule has 11 heavy (non-hydrogen) atoms. The second-order valence-corrected chi connectivity index (χ2v) is 11.0. The Morgan fingerprint density at radius 1 is 0.818 bits per heavy atom. The molecule has 0 radical (unpaired) electrons. The number of halogens is 4. The fourth-order valence-corrected chi connectivity index (χ4v) is 0.354. The average Bonchev–Trinajstić information content (AvgIpc) is 1.79. The SMILES string of the molecule is [Cl][Cu-2]([Cl])([Cl])[Cl].[NH3+]CCCC[NH3+]. The zero-order valence-corrected chi connectivity index (χ0v) is 10.0. The normalized spacial score (nSPS) is 11.8. The number of quaternary nitrogens is 2. The summed E-state index contributed by atoms with van der Waals surface area (Å²) in [6, 6.07) is 0. The molecule has 0 aromatic carbocycles. The molecule has 0 amide bonds. The molecule has 0 aliphatic carbocycles. The topological polar surface area (TPSA) is 55.3 Å². The van der Waals surface area contributed by atoms with E-state index in [0.29, 0.717) is 0 Å². The average molecular weight is 296 g/mol. The van der Waals surface area contributed by atoms with Crippen molar-refractivity contribution in [1.82, 2.24) is 0 Å². The number of rotatable bonds is 3. The van der Waals surface area contributed by atoms with Gasteiger partial charge in [-0.3, -0.25) is 0 Å². The van der Waals surface area contributed by atoms with Crippen LogP contribution in [0.15, 0.2) is 0 Å². The Morgan fingerprint density at radius 3 is 1.09 bits per heavy atom. The van der Waals surface area contributed by atoms with Crippen LogP contribution in [-0.4, -0.2) is 13.1 Å². The molecule has 0 saturated heterocycles. The second kappa shape index (κ2) is 9.69. The Balaban J connectivity index is 0. The van der Waals surface area contributed by atoms with Gasteiger partial charge in [-0.25, -0.2) is 0 Å². The molecule has 0 aliphatic rings. The molecule has 0 bridgehead atoms. The van der Waals surface area contributed by atoms with Gasteiger partial charge in [-0.2, -0.15) is 0 Å². The summed E-state index contributed by atoms with van der Waals surface area (Å²) in [5, 5.41) is 0. The zero-order valence-electron chi connectivity index (χ0n) is 6.06. The van der Waals surface area contributed by atoms with Crippen molar-refractivity contribution in [2.45, 2.75) is 12.8 Å². The van der Waals surface area contributed by atoms with Crippen LogP contribution in [0.4, 0.5) is 0 Å². The molecule has 0 aromatic rings. The molecule has 0 spiro atoms. The van der Waals surface area contributed by atoms with Gasteiger partial charge >= 0.3 is 49.6 Å². The van der Waals surface area contributed by atoms with Crippen LogP contribution in [0, 0.1) is 0 Å². The predicted octanol–water partition coefficient (Wildman–Crippen LogP) is 1.01. The first kappa shape index (κ1) is 15.1. The monoisotopic (exact) mass is 293 g/mol. The molecule has 0 rings (SSSR count). The van der Waals surface area contributed by atoms with Gasteiger partial charge < -0.3 is 11.5 Å². The minimum Gasteiger partial charge on any atom is -0.358 e. The van der Waals surface area contributed by atoms with E-state index in [0.717, 1.165) is 13.1 Å². The molecule has 0 saturated carbocycles. The molecule has 0 unspecified atom stereocenters. The van der Waals surface area contributed by atoms with Crippen molar-refractivity contribution in [3.05, 3.63) is 0 Å². The van der Waals surface area contributed by atoms with E-state index in [9.17, 15) is 0 Å². The summed E-state index contributed by atoms with van der Waals surface area (Å²) >= 11 is 0. The Bertz CT molecular complexity index is 67.0. The molecule has 2 nitrogen and oxygen atoms in total. The van der Waals surface area contributed by atoms with E-state index in [1.807, 2.05) is 0 Å². The predicted molar refractivity (Wildman–Crippen MR) is 48.2 cm³/mol. The Kier molecular flexibility index (Phi) is 13.3. The van der Waals surface area contributed by atoms with Crippen LogP contribution in [0.2, 0.25) is 0 Å². The van der Waals surface area contributed by atoms with Crippen molar-refractivity contribution in [1.29, 1.82) is 0 Å². The first-order valence-corrected chi connectivity index (χ1v) is 8.14. The number of hydrogen-bond donors (Lipinski definition) is 2. The maximum absolute atomic E-state index is 4.90. The van der Waals surface area contributed by atoms with Crippen molar-refractivity contribution >= 4 is 40.4 Å². The van der Waals surface area contributed by atoms with E-state index >= 15 is 0 Å². The van der Waals surface area contributed by atoms with Gasteiger partial charge in [0.1, 0.15) is 0 Å². The summed E-state index contributed by atoms with van der Waals surface area (Å²) in [7, 11) is 17.4. The third-order valence-electron chi connectivity index (χ3n) is 0.750. The third-order valence-corrected chi connectivity index (χ3v) is 0.750. The number of hydrogen-bond acceptors (Lipinski definition) is 0. The molecular formula is C4H14Cl4CuN2. The van der Waals surface area contributed by atoms with Gasteiger partial charge in [0.15, 0.2) is 0 Å². The van der Waals surface area contributed by atoms with Crippen molar-refractivity contribution in [3.63, 3.8) is 0 Å². The Morgan fingerprint density at radius 2 is 1.00 bits per heavy atom. The molecule has 0 atom stereocenters. The van der Waals surface area contributed by atoms with Gasteiger partial charge in [0.2, 0.25) is 0 Å². The van der Waals surface area contributed by atoms with Gasteiger partial charge in [0, 0.05) is 12.8 Å². The Hall–Kier alpha value is 1.60. The first-order chi connectivity index (χ1) is 4.91. The van der Waals surface area contributed by atoms with E-state index in [1.54, 1.807) is 0 Å². The van der Waals surface area contributed by atoms with Crippen LogP contribution >= 0.6 is 40.4 Å². The number of unbranched alkanes of at least 4 members (excludes halogenated alkanes) is 1. The van der Waals surface area contributed by atoms with Crippen LogP contribution in [0.5, 0.6) is 0 Å². The zero-order chi connectivity index (χ0) is 9.33. The maximum atomic E-state index is 4.90. The molecular weight excluding hydrogens is 281 g/mol. The van der Waals surface area contributed by atoms with Crippen LogP contribution < -0.4 is 11.5 Å². The van der Waals surface area contributed by atoms with Crippen LogP contribution in [0.3, 0.4) is 0 Å². The molecule has 7 heteroatoms. The molecule has 0 aromatic heterocycles. The van der Waals surface area contributed by atoms with Gasteiger partial charge in [-0.1, -0.05) is 0 Å². The van der Waals surface area contributed by atoms with E-state index < -0.39 is 9.20 Å². The standard InChI is InChI=1S/C4H12N2.4ClH.Cu/c5-3-1-2-4-6;;;;;/h1-6H2;4*1H;/q;;;;;+2/p-2. The molecule has 0 fully saturated rings. The maximum Gasteiger partial charge on any atom is 0.0742 e. The van der Waals surface area contributed by atoms with Gasteiger partial charge in [0.25, 0.3) is 0 Å². The van der Waals surface area contributed by atoms with Gasteiger partial charge in [0.05, 0.1) is 13.1 Å². The quantitative estimate of drug-likeness (QED) is 0.577. The van der Waals surface area contributed by atoms with E-state index in [2.05, 4.69) is 11.5 Å². The summed E-state index contributed by atoms with van der Waals surface area (Å²) in [4.78, 5) is 0. The van der Waals surface area contributed by atoms with Crippen molar-refractivity contribution in [3.8, 4) is 0 Å². The first-order valence-electron chi connectivity index (χ1n) is 2.96. The molecule has 0 aliphatic heterocycles. The summed E-state index contributed by atoms with van der Waals surface area (Å²) < 4.78 is 0. The van der Waals surface area contributed by atoms with E-state index in [4.69, 9.17) is 40.4 Å². The van der Waals surface area contributed by atoms with E-state index in [-0.39, 0.29) is 0 Å². The van der Waals surface area contributed by atoms with Crippen LogP contribution in [-0.2, 0) is 9.20 Å². The van der Waals surface area contributed by atoms with Crippen molar-refractivity contribution < 1.29 is 20.7 Å². The van der Waals surface area contributed by atoms with Crippen LogP contribution in [0.1, 0.15) is 12.8 Å². The fraction of sp³-hybridized carbons (Fsp3) is 1.00. The smallest absolute Gasteiger partial charge is 0.0742 e. The second-order valence-electron chi connectivity index (χ2n) is 1.67.